The van der Waals surface area contributed by atoms with Crippen LogP contribution in [-0.2, 0) is 33.5 Å². The van der Waals surface area contributed by atoms with E-state index in [1.807, 2.05) is 50.2 Å². The first-order chi connectivity index (χ1) is 39.0. The Kier molecular flexibility index (Phi) is 34.7. The second-order valence-corrected chi connectivity index (χ2v) is 22.8. The number of ether oxygens (including phenoxy) is 1. The Labute approximate surface area is 484 Å². The Hall–Kier alpha value is -5.72. The number of hydrogen-bond acceptors (Lipinski definition) is 12. The summed E-state index contributed by atoms with van der Waals surface area (Å²) in [7, 11) is 0. The average Bonchev–Trinajstić information content (AvgIpc) is 3.82. The van der Waals surface area contributed by atoms with Crippen LogP contribution in [0.25, 0.3) is 11.1 Å². The van der Waals surface area contributed by atoms with Crippen LogP contribution in [0.2, 0.25) is 0 Å². The van der Waals surface area contributed by atoms with Gasteiger partial charge in [0.1, 0.15) is 24.5 Å². The molecule has 0 radical (unpaired) electrons. The van der Waals surface area contributed by atoms with Crippen molar-refractivity contribution in [1.82, 2.24) is 21.3 Å². The molecule has 0 aliphatic heterocycles. The number of nitrogens with one attached hydrogen (secondary N) is 4. The minimum atomic E-state index is -1.10. The van der Waals surface area contributed by atoms with Crippen molar-refractivity contribution in [2.75, 3.05) is 32.8 Å². The lowest BCUT2D eigenvalue weighted by atomic mass is 9.87. The van der Waals surface area contributed by atoms with Crippen molar-refractivity contribution in [3.8, 4) is 11.1 Å². The van der Waals surface area contributed by atoms with E-state index in [1.165, 1.54) is 64.7 Å². The number of guanidine groups is 1. The molecule has 1 unspecified atom stereocenters. The summed E-state index contributed by atoms with van der Waals surface area (Å²) in [5.74, 6) is -5.14. The molecule has 0 saturated carbocycles. The smallest absolute Gasteiger partial charge is 0.407 e. The Morgan fingerprint density at radius 2 is 0.975 bits per heavy atom. The van der Waals surface area contributed by atoms with Crippen LogP contribution in [0.5, 0.6) is 0 Å². The number of ketones is 3. The number of unbranched alkanes of at least 4 members (excludes halogenated alkanes) is 15. The second-order valence-electron chi connectivity index (χ2n) is 22.8. The topological polar surface area (TPSA) is 314 Å². The monoisotopic (exact) mass is 1130 g/mol. The second kappa shape index (κ2) is 40.5. The van der Waals surface area contributed by atoms with Crippen molar-refractivity contribution in [2.24, 2.45) is 45.7 Å². The van der Waals surface area contributed by atoms with Crippen LogP contribution in [0, 0.1) is 17.8 Å². The number of Topliss-reactive ketones (excluding diaryl/α,β-unsaturated/α-hetero) is 3. The number of fused-ring (bicyclic) bond motifs is 3. The van der Waals surface area contributed by atoms with E-state index in [0.717, 1.165) is 47.9 Å². The third-order valence-corrected chi connectivity index (χ3v) is 15.5. The van der Waals surface area contributed by atoms with Gasteiger partial charge in [-0.15, -0.1) is 0 Å². The summed E-state index contributed by atoms with van der Waals surface area (Å²) >= 11 is 0. The number of nitrogens with zero attached hydrogens (tertiary/aromatic N) is 1. The van der Waals surface area contributed by atoms with Gasteiger partial charge in [0.05, 0.1) is 18.7 Å². The van der Waals surface area contributed by atoms with Crippen LogP contribution in [0.15, 0.2) is 53.5 Å². The van der Waals surface area contributed by atoms with Gasteiger partial charge in [0.2, 0.25) is 17.7 Å². The lowest BCUT2D eigenvalue weighted by molar-refractivity contribution is -0.135. The minimum absolute atomic E-state index is 0.0482. The molecular weight excluding hydrogens is 1030 g/mol. The molecule has 0 fully saturated rings. The summed E-state index contributed by atoms with van der Waals surface area (Å²) in [4.78, 5) is 101. The number of aliphatic hydroxyl groups excluding tert-OH is 1. The highest BCUT2D eigenvalue weighted by molar-refractivity contribution is 5.97. The molecule has 3 rings (SSSR count). The van der Waals surface area contributed by atoms with E-state index >= 15 is 0 Å². The van der Waals surface area contributed by atoms with Crippen molar-refractivity contribution in [1.29, 1.82) is 0 Å². The molecule has 0 aromatic heterocycles. The van der Waals surface area contributed by atoms with Gasteiger partial charge in [-0.25, -0.2) is 4.79 Å². The molecule has 0 bridgehead atoms. The summed E-state index contributed by atoms with van der Waals surface area (Å²) in [5.41, 5.74) is 27.1. The maximum Gasteiger partial charge on any atom is 0.407 e. The highest BCUT2D eigenvalue weighted by atomic mass is 16.5. The number of hydrogen-bond donors (Lipinski definition) is 9. The first-order valence-corrected chi connectivity index (χ1v) is 30.7. The number of alkyl carbamates (subject to hydrolysis) is 1. The third-order valence-electron chi connectivity index (χ3n) is 15.5. The van der Waals surface area contributed by atoms with Crippen molar-refractivity contribution in [3.05, 3.63) is 59.7 Å². The van der Waals surface area contributed by atoms with E-state index in [9.17, 15) is 38.7 Å². The molecule has 0 heterocycles. The van der Waals surface area contributed by atoms with Gasteiger partial charge in [0.25, 0.3) is 0 Å². The highest BCUT2D eigenvalue weighted by Crippen LogP contribution is 2.44. The van der Waals surface area contributed by atoms with Crippen LogP contribution >= 0.6 is 0 Å². The van der Waals surface area contributed by atoms with E-state index in [1.54, 1.807) is 0 Å². The summed E-state index contributed by atoms with van der Waals surface area (Å²) < 4.78 is 5.92. The molecule has 13 N–H and O–H groups in total. The zero-order valence-corrected chi connectivity index (χ0v) is 49.6. The predicted octanol–water partition coefficient (Wildman–Crippen LogP) is 8.31. The molecule has 1 aliphatic carbocycles. The number of benzene rings is 2. The van der Waals surface area contributed by atoms with Crippen molar-refractivity contribution < 1.29 is 43.4 Å². The van der Waals surface area contributed by atoms with Gasteiger partial charge < -0.3 is 54.0 Å². The zero-order chi connectivity index (χ0) is 59.4. The van der Waals surface area contributed by atoms with Crippen LogP contribution in [0.1, 0.15) is 212 Å². The fourth-order valence-electron chi connectivity index (χ4n) is 10.8. The maximum atomic E-state index is 14.5. The van der Waals surface area contributed by atoms with Gasteiger partial charge in [0, 0.05) is 37.1 Å². The number of carbonyl (C=O) groups excluding carboxylic acids is 7. The number of amides is 4. The number of carbonyl (C=O) groups is 7. The van der Waals surface area contributed by atoms with Gasteiger partial charge in [-0.1, -0.05) is 159 Å². The molecule has 81 heavy (non-hydrogen) atoms. The molecule has 454 valence electrons. The molecule has 0 spiro atoms. The minimum Gasteiger partial charge on any atom is -0.449 e. The Balaban J connectivity index is 1.81. The normalized spacial score (nSPS) is 14.1. The highest BCUT2D eigenvalue weighted by Gasteiger charge is 2.35. The lowest BCUT2D eigenvalue weighted by Crippen LogP contribution is -2.56. The molecule has 6 atom stereocenters. The van der Waals surface area contributed by atoms with Gasteiger partial charge in [0.15, 0.2) is 17.5 Å². The molecular formula is C63H103N9O9. The van der Waals surface area contributed by atoms with Crippen molar-refractivity contribution >= 4 is 47.1 Å². The first-order valence-electron chi connectivity index (χ1n) is 30.7. The number of nitrogens with two attached hydrogens (primary N) is 4. The first kappa shape index (κ1) is 69.5. The van der Waals surface area contributed by atoms with E-state index in [0.29, 0.717) is 58.0 Å². The largest absolute Gasteiger partial charge is 0.449 e. The fraction of sp³-hybridized carbons (Fsp3) is 0.683. The zero-order valence-electron chi connectivity index (χ0n) is 49.6. The molecule has 0 saturated heterocycles. The molecule has 2 aromatic carbocycles. The maximum absolute atomic E-state index is 14.5. The average molecular weight is 1130 g/mol. The summed E-state index contributed by atoms with van der Waals surface area (Å²) in [6, 6.07) is 11.9. The standard InChI is InChI=1S/C63H103N9O9/c1-5-6-7-8-9-10-11-12-13-14-15-16-17-18-33-56(72-63(80)81-43-52-50-30-21-19-28-48(50)49-29-20-22-31-51(49)52)61(79)71-55(34-24-26-37-65)60(78)70-53(32-23-25-36-64)57(75)40-46(39-44(2)3)59(77)69-54(35-27-38-68-62(66)67)58(76)41-47(42-73)45(4)74/h19-22,28-31,44,46-47,52-56,73H,5-18,23-27,32-43,64-65H2,1-4H3,(H,69,77)(H,70,78)(H,71,79)(H,72,80)(H4,66,67,68)/t46-,47+,53+,54+,55+,56?/m1/s1. The molecule has 1 aliphatic rings. The third kappa shape index (κ3) is 26.8. The number of aliphatic hydroxyl groups is 1. The quantitative estimate of drug-likeness (QED) is 0.0171. The lowest BCUT2D eigenvalue weighted by Gasteiger charge is -2.27. The van der Waals surface area contributed by atoms with E-state index in [2.05, 4.69) is 45.3 Å². The van der Waals surface area contributed by atoms with Gasteiger partial charge in [-0.2, -0.15) is 0 Å². The Bertz CT molecular complexity index is 2190. The van der Waals surface area contributed by atoms with Crippen LogP contribution < -0.4 is 44.2 Å². The molecule has 18 nitrogen and oxygen atoms in total. The van der Waals surface area contributed by atoms with Gasteiger partial charge in [-0.05, 0) is 112 Å². The number of aliphatic imine (C=N–C) groups is 1. The fourth-order valence-corrected chi connectivity index (χ4v) is 10.8. The predicted molar refractivity (Wildman–Crippen MR) is 322 cm³/mol. The SMILES string of the molecule is CCCCCCCCCCCCCCCCC(NC(=O)OCC1c2ccccc2-c2ccccc21)C(=O)N[C@@H](CCCCN)C(=O)N[C@@H](CCCCN)C(=O)C[C@@H](CC(C)C)C(=O)N[C@@H](CCCN=C(N)N)C(=O)C[C@@H](CO)C(C)=O. The van der Waals surface area contributed by atoms with Crippen LogP contribution in [0.4, 0.5) is 4.79 Å². The van der Waals surface area contributed by atoms with Gasteiger partial charge >= 0.3 is 6.09 Å². The molecule has 4 amide bonds. The van der Waals surface area contributed by atoms with E-state index in [-0.39, 0.29) is 75.3 Å². The van der Waals surface area contributed by atoms with E-state index < -0.39 is 78.0 Å². The van der Waals surface area contributed by atoms with Crippen LogP contribution in [0.3, 0.4) is 0 Å². The summed E-state index contributed by atoms with van der Waals surface area (Å²) in [6.45, 7) is 7.75. The Morgan fingerprint density at radius 3 is 1.44 bits per heavy atom. The van der Waals surface area contributed by atoms with Crippen molar-refractivity contribution in [2.45, 2.75) is 225 Å². The van der Waals surface area contributed by atoms with Gasteiger partial charge in [-0.3, -0.25) is 33.8 Å². The Morgan fingerprint density at radius 1 is 0.556 bits per heavy atom. The van der Waals surface area contributed by atoms with Crippen LogP contribution in [-0.4, -0.2) is 109 Å². The van der Waals surface area contributed by atoms with Crippen molar-refractivity contribution in [3.63, 3.8) is 0 Å². The van der Waals surface area contributed by atoms with E-state index in [4.69, 9.17) is 27.7 Å². The molecule has 18 heteroatoms. The summed E-state index contributed by atoms with van der Waals surface area (Å²) in [5, 5.41) is 21.4. The number of rotatable bonds is 46. The molecule has 2 aromatic rings. The summed E-state index contributed by atoms with van der Waals surface area (Å²) in [6.07, 6.45) is 18.5.